The van der Waals surface area contributed by atoms with Gasteiger partial charge in [-0.2, -0.15) is 0 Å². The average Bonchev–Trinajstić information content (AvgIpc) is 3.26. The Bertz CT molecular complexity index is 3020. The Kier molecular flexibility index (Phi) is 14.9. The van der Waals surface area contributed by atoms with Gasteiger partial charge in [0.15, 0.2) is 0 Å². The number of fused-ring (bicyclic) bond motifs is 2. The quantitative estimate of drug-likeness (QED) is 0.0892. The van der Waals surface area contributed by atoms with E-state index < -0.39 is 8.07 Å². The third-order valence-corrected chi connectivity index (χ3v) is 18.0. The van der Waals surface area contributed by atoms with Gasteiger partial charge >= 0.3 is 0 Å². The molecule has 0 aliphatic carbocycles. The summed E-state index contributed by atoms with van der Waals surface area (Å²) < 4.78 is 0. The fraction of sp³-hybridized carbons (Fsp3) is 0.479. The van der Waals surface area contributed by atoms with Crippen LogP contribution in [0.1, 0.15) is 211 Å². The maximum Gasteiger partial charge on any atom is 0.0776 e. The fourth-order valence-corrected chi connectivity index (χ4v) is 11.5. The van der Waals surface area contributed by atoms with E-state index in [1.165, 1.54) is 105 Å². The van der Waals surface area contributed by atoms with Crippen LogP contribution in [0.25, 0.3) is 21.5 Å². The number of rotatable bonds is 7. The lowest BCUT2D eigenvalue weighted by Crippen LogP contribution is -2.37. The maximum atomic E-state index is 2.69. The van der Waals surface area contributed by atoms with Crippen LogP contribution in [0, 0.1) is 0 Å². The van der Waals surface area contributed by atoms with Crippen LogP contribution in [0.5, 0.6) is 0 Å². The molecule has 0 radical (unpaired) electrons. The molecule has 76 heavy (non-hydrogen) atoms. The Morgan fingerprint density at radius 1 is 0.250 bits per heavy atom. The minimum Gasteiger partial charge on any atom is -0.309 e. The maximum absolute atomic E-state index is 2.69. The van der Waals surface area contributed by atoms with Gasteiger partial charge in [-0.1, -0.05) is 258 Å². The first-order valence-electron chi connectivity index (χ1n) is 28.6. The SMILES string of the molecule is CC(C)(C)c1cc(N(c2cc(C(C)(C)C)cc(C(C)(C)C)c2)c2c3ccccc3c(N(c3cc(C(C)(C)C)cc(C(C)(C)C)c3)c3cc(C(C)(C)C)cc(C(C)(C)C)c3)c3cc([Si](C)(C)C)ccc23)cc(C(C)(C)C)c1. The lowest BCUT2D eigenvalue weighted by atomic mass is 9.79. The van der Waals surface area contributed by atoms with E-state index in [1.807, 2.05) is 0 Å². The van der Waals surface area contributed by atoms with Gasteiger partial charge < -0.3 is 9.80 Å². The molecule has 0 unspecified atom stereocenters. The second-order valence-electron chi connectivity index (χ2n) is 32.0. The van der Waals surface area contributed by atoms with Gasteiger partial charge in [-0.3, -0.25) is 0 Å². The molecule has 3 heteroatoms. The summed E-state index contributed by atoms with van der Waals surface area (Å²) in [7, 11) is -1.89. The van der Waals surface area contributed by atoms with Crippen molar-refractivity contribution in [3.8, 4) is 0 Å². The lowest BCUT2D eigenvalue weighted by Gasteiger charge is -2.37. The number of nitrogens with zero attached hydrogens (tertiary/aromatic N) is 2. The number of benzene rings is 7. The predicted octanol–water partition coefficient (Wildman–Crippen LogP) is 21.9. The number of anilines is 6. The molecule has 0 N–H and O–H groups in total. The molecule has 0 saturated heterocycles. The number of hydrogen-bond donors (Lipinski definition) is 0. The predicted molar refractivity (Wildman–Crippen MR) is 343 cm³/mol. The average molecular weight is 1030 g/mol. The first kappa shape index (κ1) is 58.6. The van der Waals surface area contributed by atoms with Crippen molar-refractivity contribution in [2.24, 2.45) is 0 Å². The van der Waals surface area contributed by atoms with Crippen LogP contribution in [0.4, 0.5) is 34.1 Å². The molecule has 2 nitrogen and oxygen atoms in total. The zero-order chi connectivity index (χ0) is 57.1. The van der Waals surface area contributed by atoms with Gasteiger partial charge in [-0.15, -0.1) is 0 Å². The third-order valence-electron chi connectivity index (χ3n) is 15.9. The molecule has 0 atom stereocenters. The molecule has 0 amide bonds. The van der Waals surface area contributed by atoms with Crippen molar-refractivity contribution in [2.75, 3.05) is 9.80 Å². The van der Waals surface area contributed by atoms with Gasteiger partial charge in [0.05, 0.1) is 19.4 Å². The third kappa shape index (κ3) is 12.3. The van der Waals surface area contributed by atoms with Gasteiger partial charge in [0.2, 0.25) is 0 Å². The van der Waals surface area contributed by atoms with Crippen molar-refractivity contribution in [2.45, 2.75) is 229 Å². The van der Waals surface area contributed by atoms with Crippen LogP contribution in [0.15, 0.2) is 115 Å². The second kappa shape index (κ2) is 19.4. The minimum atomic E-state index is -1.89. The highest BCUT2D eigenvalue weighted by molar-refractivity contribution is 6.88. The van der Waals surface area contributed by atoms with E-state index in [9.17, 15) is 0 Å². The highest BCUT2D eigenvalue weighted by atomic mass is 28.3. The van der Waals surface area contributed by atoms with Crippen LogP contribution in [-0.4, -0.2) is 8.07 Å². The molecule has 7 aromatic rings. The van der Waals surface area contributed by atoms with Crippen molar-refractivity contribution in [3.05, 3.63) is 160 Å². The van der Waals surface area contributed by atoms with Crippen molar-refractivity contribution in [1.29, 1.82) is 0 Å². The van der Waals surface area contributed by atoms with Gasteiger partial charge in [-0.25, -0.2) is 0 Å². The molecule has 406 valence electrons. The van der Waals surface area contributed by atoms with Gasteiger partial charge in [-0.05, 0) is 136 Å². The Morgan fingerprint density at radius 3 is 0.671 bits per heavy atom. The zero-order valence-electron chi connectivity index (χ0n) is 52.9. The van der Waals surface area contributed by atoms with Crippen LogP contribution in [-0.2, 0) is 43.3 Å². The Morgan fingerprint density at radius 2 is 0.461 bits per heavy atom. The molecule has 7 aromatic carbocycles. The first-order chi connectivity index (χ1) is 34.3. The molecule has 0 spiro atoms. The zero-order valence-corrected chi connectivity index (χ0v) is 53.9. The van der Waals surface area contributed by atoms with E-state index in [0.717, 1.165) is 0 Å². The van der Waals surface area contributed by atoms with Crippen molar-refractivity contribution in [1.82, 2.24) is 0 Å². The van der Waals surface area contributed by atoms with E-state index in [2.05, 4.69) is 311 Å². The molecule has 0 aromatic heterocycles. The molecule has 7 rings (SSSR count). The Balaban J connectivity index is 1.83. The molecule has 0 saturated carbocycles. The highest BCUT2D eigenvalue weighted by Crippen LogP contribution is 2.54. The van der Waals surface area contributed by atoms with Gasteiger partial charge in [0.1, 0.15) is 0 Å². The number of hydrogen-bond acceptors (Lipinski definition) is 2. The topological polar surface area (TPSA) is 6.48 Å². The molecule has 0 aliphatic rings. The van der Waals surface area contributed by atoms with E-state index in [0.29, 0.717) is 0 Å². The largest absolute Gasteiger partial charge is 0.309 e. The monoisotopic (exact) mass is 1030 g/mol. The summed E-state index contributed by atoms with van der Waals surface area (Å²) in [5.74, 6) is 0. The van der Waals surface area contributed by atoms with Gasteiger partial charge in [0, 0.05) is 44.3 Å². The molecule has 0 aliphatic heterocycles. The van der Waals surface area contributed by atoms with Gasteiger partial charge in [0.25, 0.3) is 0 Å². The summed E-state index contributed by atoms with van der Waals surface area (Å²) in [5, 5.41) is 6.40. The molecular formula is C73H100N2Si. The summed E-state index contributed by atoms with van der Waals surface area (Å²) in [4.78, 5) is 5.37. The summed E-state index contributed by atoms with van der Waals surface area (Å²) in [6.07, 6.45) is 0. The van der Waals surface area contributed by atoms with Crippen molar-refractivity contribution in [3.63, 3.8) is 0 Å². The van der Waals surface area contributed by atoms with Crippen LogP contribution < -0.4 is 15.0 Å². The van der Waals surface area contributed by atoms with Crippen molar-refractivity contribution >= 4 is 68.9 Å². The van der Waals surface area contributed by atoms with E-state index in [4.69, 9.17) is 0 Å². The van der Waals surface area contributed by atoms with Crippen LogP contribution in [0.3, 0.4) is 0 Å². The minimum absolute atomic E-state index is 0.0900. The Hall–Kier alpha value is -5.12. The standard InChI is InChI=1S/C73H100N2Si/c1-66(2,3)47-34-48(67(4,5)6)39-55(38-47)74(56-40-49(68(7,8)9)35-50(41-56)69(10,11)12)64-60-30-28-29-31-61(60)65(63-46-59(76(25,26)27)32-33-62(63)64)75(57-42-51(70(13,14)15)36-52(43-57)71(16,17)18)58-44-53(72(19,20)21)37-54(45-58)73(22,23)24/h28-46H,1-27H3. The summed E-state index contributed by atoms with van der Waals surface area (Å²) in [5.41, 5.74) is 17.2. The van der Waals surface area contributed by atoms with Crippen LogP contribution in [0.2, 0.25) is 19.6 Å². The van der Waals surface area contributed by atoms with Crippen LogP contribution >= 0.6 is 0 Å². The summed E-state index contributed by atoms with van der Waals surface area (Å²) in [6, 6.07) is 47.0. The molecule has 0 bridgehead atoms. The molecule has 0 heterocycles. The molecular weight excluding hydrogens is 933 g/mol. The van der Waals surface area contributed by atoms with Crippen molar-refractivity contribution < 1.29 is 0 Å². The lowest BCUT2D eigenvalue weighted by molar-refractivity contribution is 0.567. The van der Waals surface area contributed by atoms with E-state index in [1.54, 1.807) is 0 Å². The smallest absolute Gasteiger partial charge is 0.0776 e. The van der Waals surface area contributed by atoms with E-state index in [-0.39, 0.29) is 43.3 Å². The first-order valence-corrected chi connectivity index (χ1v) is 32.1. The Labute approximate surface area is 465 Å². The fourth-order valence-electron chi connectivity index (χ4n) is 10.3. The normalized spacial score (nSPS) is 13.7. The molecule has 0 fully saturated rings. The highest BCUT2D eigenvalue weighted by Gasteiger charge is 2.34. The summed E-state index contributed by atoms with van der Waals surface area (Å²) in [6.45, 7) is 64.4. The summed E-state index contributed by atoms with van der Waals surface area (Å²) >= 11 is 0. The van der Waals surface area contributed by atoms with E-state index >= 15 is 0 Å². The second-order valence-corrected chi connectivity index (χ2v) is 37.1.